The largest absolute Gasteiger partial charge is 0.493 e. The van der Waals surface area contributed by atoms with E-state index in [4.69, 9.17) is 10.5 Å². The lowest BCUT2D eigenvalue weighted by molar-refractivity contribution is 0.150. The Kier molecular flexibility index (Phi) is 4.58. The van der Waals surface area contributed by atoms with Crippen molar-refractivity contribution in [1.29, 1.82) is 0 Å². The number of hydrogen-bond acceptors (Lipinski definition) is 2. The Hall–Kier alpha value is -1.23. The fourth-order valence-corrected chi connectivity index (χ4v) is 3.15. The van der Waals surface area contributed by atoms with Crippen LogP contribution in [0.25, 0.3) is 0 Å². The number of alkyl halides is 2. The van der Waals surface area contributed by atoms with Crippen LogP contribution in [0.1, 0.15) is 49.7 Å². The summed E-state index contributed by atoms with van der Waals surface area (Å²) in [7, 11) is 1.36. The van der Waals surface area contributed by atoms with Crippen molar-refractivity contribution in [3.8, 4) is 5.75 Å². The second-order valence-electron chi connectivity index (χ2n) is 5.43. The van der Waals surface area contributed by atoms with Gasteiger partial charge in [0.2, 0.25) is 0 Å². The van der Waals surface area contributed by atoms with Crippen LogP contribution >= 0.6 is 0 Å². The van der Waals surface area contributed by atoms with Gasteiger partial charge in [-0.2, -0.15) is 0 Å². The molecular formula is C15H20F3NO. The van der Waals surface area contributed by atoms with E-state index in [2.05, 4.69) is 0 Å². The number of halogens is 3. The van der Waals surface area contributed by atoms with Crippen molar-refractivity contribution in [3.63, 3.8) is 0 Å². The zero-order valence-corrected chi connectivity index (χ0v) is 11.6. The van der Waals surface area contributed by atoms with Crippen molar-refractivity contribution in [3.05, 3.63) is 29.1 Å². The summed E-state index contributed by atoms with van der Waals surface area (Å²) in [5, 5.41) is 0. The molecule has 5 heteroatoms. The van der Waals surface area contributed by atoms with Crippen molar-refractivity contribution in [2.45, 2.75) is 43.9 Å². The Labute approximate surface area is 117 Å². The first-order chi connectivity index (χ1) is 9.54. The normalized spacial score (nSPS) is 18.3. The lowest BCUT2D eigenvalue weighted by Gasteiger charge is -2.38. The summed E-state index contributed by atoms with van der Waals surface area (Å²) in [5.74, 6) is -0.680. The molecule has 1 saturated carbocycles. The topological polar surface area (TPSA) is 35.2 Å². The van der Waals surface area contributed by atoms with E-state index in [1.165, 1.54) is 13.2 Å². The summed E-state index contributed by atoms with van der Waals surface area (Å²) < 4.78 is 45.0. The first kappa shape index (κ1) is 15.2. The number of hydrogen-bond donors (Lipinski definition) is 1. The average molecular weight is 287 g/mol. The van der Waals surface area contributed by atoms with Gasteiger partial charge in [0.15, 0.2) is 11.6 Å². The van der Waals surface area contributed by atoms with E-state index in [1.54, 1.807) is 0 Å². The van der Waals surface area contributed by atoms with Gasteiger partial charge in [-0.1, -0.05) is 19.3 Å². The molecule has 112 valence electrons. The van der Waals surface area contributed by atoms with Crippen LogP contribution in [-0.2, 0) is 5.41 Å². The van der Waals surface area contributed by atoms with Gasteiger partial charge >= 0.3 is 0 Å². The Morgan fingerprint density at radius 3 is 2.40 bits per heavy atom. The second kappa shape index (κ2) is 6.04. The zero-order valence-electron chi connectivity index (χ0n) is 11.6. The molecule has 0 aromatic heterocycles. The van der Waals surface area contributed by atoms with Crippen LogP contribution in [0.4, 0.5) is 13.2 Å². The van der Waals surface area contributed by atoms with E-state index in [0.717, 1.165) is 38.2 Å². The van der Waals surface area contributed by atoms with Crippen molar-refractivity contribution >= 4 is 0 Å². The lowest BCUT2D eigenvalue weighted by Crippen LogP contribution is -2.37. The third kappa shape index (κ3) is 2.64. The standard InChI is InChI=1S/C15H20F3NO/c1-20-13-11(7-10(14(17)18)8-12(13)16)15(9-19)5-3-2-4-6-15/h7-8,14H,2-6,9,19H2,1H3. The molecule has 1 aliphatic rings. The molecule has 0 aliphatic heterocycles. The summed E-state index contributed by atoms with van der Waals surface area (Å²) in [6.07, 6.45) is 1.91. The van der Waals surface area contributed by atoms with Crippen LogP contribution in [0.5, 0.6) is 5.75 Å². The molecule has 0 radical (unpaired) electrons. The minimum Gasteiger partial charge on any atom is -0.493 e. The van der Waals surface area contributed by atoms with Gasteiger partial charge < -0.3 is 10.5 Å². The Morgan fingerprint density at radius 1 is 1.25 bits per heavy atom. The smallest absolute Gasteiger partial charge is 0.263 e. The maximum atomic E-state index is 14.0. The van der Waals surface area contributed by atoms with Crippen LogP contribution in [0.3, 0.4) is 0 Å². The van der Waals surface area contributed by atoms with Gasteiger partial charge in [-0.25, -0.2) is 13.2 Å². The molecule has 1 fully saturated rings. The summed E-state index contributed by atoms with van der Waals surface area (Å²) in [6.45, 7) is 0.315. The highest BCUT2D eigenvalue weighted by Crippen LogP contribution is 2.44. The van der Waals surface area contributed by atoms with E-state index >= 15 is 0 Å². The molecule has 1 aliphatic carbocycles. The summed E-state index contributed by atoms with van der Waals surface area (Å²) >= 11 is 0. The molecule has 0 amide bonds. The van der Waals surface area contributed by atoms with Crippen molar-refractivity contribution in [2.24, 2.45) is 5.73 Å². The third-order valence-corrected chi connectivity index (χ3v) is 4.29. The van der Waals surface area contributed by atoms with E-state index < -0.39 is 17.7 Å². The minimum absolute atomic E-state index is 0.0572. The van der Waals surface area contributed by atoms with Crippen LogP contribution in [0.2, 0.25) is 0 Å². The minimum atomic E-state index is -2.70. The first-order valence-corrected chi connectivity index (χ1v) is 6.90. The maximum absolute atomic E-state index is 14.0. The van der Waals surface area contributed by atoms with Crippen molar-refractivity contribution in [2.75, 3.05) is 13.7 Å². The number of rotatable bonds is 4. The number of benzene rings is 1. The summed E-state index contributed by atoms with van der Waals surface area (Å²) in [6, 6.07) is 2.21. The lowest BCUT2D eigenvalue weighted by atomic mass is 9.69. The Balaban J connectivity index is 2.57. The van der Waals surface area contributed by atoms with E-state index in [1.807, 2.05) is 0 Å². The molecule has 2 nitrogen and oxygen atoms in total. The molecule has 2 rings (SSSR count). The maximum Gasteiger partial charge on any atom is 0.263 e. The summed E-state index contributed by atoms with van der Waals surface area (Å²) in [4.78, 5) is 0. The SMILES string of the molecule is COc1c(F)cc(C(F)F)cc1C1(CN)CCCCC1. The average Bonchev–Trinajstić information content (AvgIpc) is 2.47. The van der Waals surface area contributed by atoms with Gasteiger partial charge in [0.25, 0.3) is 6.43 Å². The Morgan fingerprint density at radius 2 is 1.90 bits per heavy atom. The highest BCUT2D eigenvalue weighted by molar-refractivity contribution is 5.45. The highest BCUT2D eigenvalue weighted by atomic mass is 19.3. The van der Waals surface area contributed by atoms with E-state index in [9.17, 15) is 13.2 Å². The molecule has 0 atom stereocenters. The molecular weight excluding hydrogens is 267 g/mol. The zero-order chi connectivity index (χ0) is 14.8. The summed E-state index contributed by atoms with van der Waals surface area (Å²) in [5.41, 5.74) is 5.64. The van der Waals surface area contributed by atoms with Crippen molar-refractivity contribution < 1.29 is 17.9 Å². The molecule has 0 heterocycles. The Bertz CT molecular complexity index is 470. The molecule has 0 bridgehead atoms. The van der Waals surface area contributed by atoms with Gasteiger partial charge in [-0.3, -0.25) is 0 Å². The van der Waals surface area contributed by atoms with E-state index in [-0.39, 0.29) is 11.3 Å². The quantitative estimate of drug-likeness (QED) is 0.910. The van der Waals surface area contributed by atoms with Crippen LogP contribution in [0, 0.1) is 5.82 Å². The van der Waals surface area contributed by atoms with E-state index in [0.29, 0.717) is 12.1 Å². The first-order valence-electron chi connectivity index (χ1n) is 6.90. The fraction of sp³-hybridized carbons (Fsp3) is 0.600. The van der Waals surface area contributed by atoms with Crippen molar-refractivity contribution in [1.82, 2.24) is 0 Å². The van der Waals surface area contributed by atoms with Crippen LogP contribution in [0.15, 0.2) is 12.1 Å². The van der Waals surface area contributed by atoms with Gasteiger partial charge in [-0.05, 0) is 25.0 Å². The highest BCUT2D eigenvalue weighted by Gasteiger charge is 2.36. The molecule has 0 saturated heterocycles. The van der Waals surface area contributed by atoms with Gasteiger partial charge in [-0.15, -0.1) is 0 Å². The molecule has 1 aromatic rings. The third-order valence-electron chi connectivity index (χ3n) is 4.29. The number of methoxy groups -OCH3 is 1. The van der Waals surface area contributed by atoms with Gasteiger partial charge in [0, 0.05) is 23.1 Å². The second-order valence-corrected chi connectivity index (χ2v) is 5.43. The fourth-order valence-electron chi connectivity index (χ4n) is 3.15. The molecule has 1 aromatic carbocycles. The van der Waals surface area contributed by atoms with Crippen LogP contribution < -0.4 is 10.5 Å². The molecule has 0 unspecified atom stereocenters. The predicted molar refractivity (Wildman–Crippen MR) is 71.7 cm³/mol. The van der Waals surface area contributed by atoms with Gasteiger partial charge in [0.05, 0.1) is 7.11 Å². The number of nitrogens with two attached hydrogens (primary N) is 1. The predicted octanol–water partition coefficient (Wildman–Crippen LogP) is 3.93. The van der Waals surface area contributed by atoms with Gasteiger partial charge in [0.1, 0.15) is 0 Å². The monoisotopic (exact) mass is 287 g/mol. The number of ether oxygens (including phenoxy) is 1. The van der Waals surface area contributed by atoms with Crippen LogP contribution in [-0.4, -0.2) is 13.7 Å². The molecule has 2 N–H and O–H groups in total. The molecule has 20 heavy (non-hydrogen) atoms. The molecule has 0 spiro atoms.